The van der Waals surface area contributed by atoms with Crippen LogP contribution < -0.4 is 5.32 Å². The molecule has 0 aromatic heterocycles. The minimum Gasteiger partial charge on any atom is -0.478 e. The molecule has 1 aliphatic heterocycles. The lowest BCUT2D eigenvalue weighted by Crippen LogP contribution is -2.07. The van der Waals surface area contributed by atoms with Gasteiger partial charge in [0.25, 0.3) is 0 Å². The van der Waals surface area contributed by atoms with Gasteiger partial charge in [-0.3, -0.25) is 0 Å². The predicted octanol–water partition coefficient (Wildman–Crippen LogP) is 3.13. The second-order valence-corrected chi connectivity index (χ2v) is 5.20. The van der Waals surface area contributed by atoms with E-state index >= 15 is 0 Å². The minimum absolute atomic E-state index is 0.329. The molecular formula is C17H17NO2. The van der Waals surface area contributed by atoms with Gasteiger partial charge < -0.3 is 10.4 Å². The van der Waals surface area contributed by atoms with E-state index in [0.717, 1.165) is 24.2 Å². The number of hydrogen-bond acceptors (Lipinski definition) is 2. The van der Waals surface area contributed by atoms with Crippen molar-refractivity contribution in [2.75, 3.05) is 13.1 Å². The first-order chi connectivity index (χ1) is 9.74. The van der Waals surface area contributed by atoms with E-state index in [-0.39, 0.29) is 0 Å². The predicted molar refractivity (Wildman–Crippen MR) is 79.1 cm³/mol. The van der Waals surface area contributed by atoms with Crippen LogP contribution in [-0.4, -0.2) is 24.2 Å². The third-order valence-electron chi connectivity index (χ3n) is 3.86. The fraction of sp³-hybridized carbons (Fsp3) is 0.235. The fourth-order valence-corrected chi connectivity index (χ4v) is 2.74. The van der Waals surface area contributed by atoms with Crippen LogP contribution >= 0.6 is 0 Å². The van der Waals surface area contributed by atoms with E-state index < -0.39 is 5.97 Å². The Morgan fingerprint density at radius 1 is 1.10 bits per heavy atom. The molecule has 1 aliphatic rings. The van der Waals surface area contributed by atoms with Crippen molar-refractivity contribution in [2.45, 2.75) is 12.3 Å². The average Bonchev–Trinajstić information content (AvgIpc) is 3.02. The molecule has 1 heterocycles. The standard InChI is InChI=1S/C17H17NO2/c19-17(20)15-6-2-4-13(10-15)12-3-1-5-14(9-12)16-7-8-18-11-16/h1-6,9-10,16,18H,7-8,11H2,(H,19,20). The van der Waals surface area contributed by atoms with Crippen LogP contribution in [0.2, 0.25) is 0 Å². The van der Waals surface area contributed by atoms with Gasteiger partial charge in [0.1, 0.15) is 0 Å². The smallest absolute Gasteiger partial charge is 0.335 e. The number of hydrogen-bond donors (Lipinski definition) is 2. The first-order valence-corrected chi connectivity index (χ1v) is 6.88. The van der Waals surface area contributed by atoms with Crippen molar-refractivity contribution in [3.63, 3.8) is 0 Å². The summed E-state index contributed by atoms with van der Waals surface area (Å²) in [6.07, 6.45) is 1.17. The summed E-state index contributed by atoms with van der Waals surface area (Å²) >= 11 is 0. The summed E-state index contributed by atoms with van der Waals surface area (Å²) in [5.74, 6) is -0.319. The zero-order valence-corrected chi connectivity index (χ0v) is 11.2. The first kappa shape index (κ1) is 12.9. The third-order valence-corrected chi connectivity index (χ3v) is 3.86. The number of carbonyl (C=O) groups is 1. The van der Waals surface area contributed by atoms with Gasteiger partial charge in [0.15, 0.2) is 0 Å². The van der Waals surface area contributed by atoms with E-state index in [9.17, 15) is 4.79 Å². The lowest BCUT2D eigenvalue weighted by molar-refractivity contribution is 0.0697. The molecule has 2 aromatic rings. The molecule has 0 spiro atoms. The number of rotatable bonds is 3. The molecule has 102 valence electrons. The number of benzene rings is 2. The maximum atomic E-state index is 11.1. The number of carboxylic acids is 1. The first-order valence-electron chi connectivity index (χ1n) is 6.88. The molecule has 0 radical (unpaired) electrons. The Hall–Kier alpha value is -2.13. The van der Waals surface area contributed by atoms with Crippen molar-refractivity contribution in [3.05, 3.63) is 59.7 Å². The van der Waals surface area contributed by atoms with Crippen LogP contribution in [0, 0.1) is 0 Å². The fourth-order valence-electron chi connectivity index (χ4n) is 2.74. The summed E-state index contributed by atoms with van der Waals surface area (Å²) in [6, 6.07) is 15.5. The molecule has 3 rings (SSSR count). The van der Waals surface area contributed by atoms with Gasteiger partial charge >= 0.3 is 5.97 Å². The van der Waals surface area contributed by atoms with Crippen molar-refractivity contribution >= 4 is 5.97 Å². The van der Waals surface area contributed by atoms with Crippen molar-refractivity contribution in [1.29, 1.82) is 0 Å². The van der Waals surface area contributed by atoms with Gasteiger partial charge in [-0.1, -0.05) is 36.4 Å². The van der Waals surface area contributed by atoms with E-state index in [1.54, 1.807) is 18.2 Å². The van der Waals surface area contributed by atoms with Crippen molar-refractivity contribution in [3.8, 4) is 11.1 Å². The van der Waals surface area contributed by atoms with Gasteiger partial charge in [0.2, 0.25) is 0 Å². The molecule has 1 saturated heterocycles. The lowest BCUT2D eigenvalue weighted by Gasteiger charge is -2.11. The second-order valence-electron chi connectivity index (χ2n) is 5.20. The topological polar surface area (TPSA) is 49.3 Å². The summed E-state index contributed by atoms with van der Waals surface area (Å²) in [6.45, 7) is 2.10. The highest BCUT2D eigenvalue weighted by Crippen LogP contribution is 2.27. The molecule has 2 N–H and O–H groups in total. The zero-order valence-electron chi connectivity index (χ0n) is 11.2. The Labute approximate surface area is 118 Å². The monoisotopic (exact) mass is 267 g/mol. The van der Waals surface area contributed by atoms with Crippen LogP contribution in [0.5, 0.6) is 0 Å². The molecule has 1 fully saturated rings. The molecule has 20 heavy (non-hydrogen) atoms. The van der Waals surface area contributed by atoms with Gasteiger partial charge in [0, 0.05) is 6.54 Å². The molecule has 0 amide bonds. The van der Waals surface area contributed by atoms with Crippen LogP contribution in [0.4, 0.5) is 0 Å². The molecule has 0 aliphatic carbocycles. The minimum atomic E-state index is -0.886. The largest absolute Gasteiger partial charge is 0.478 e. The van der Waals surface area contributed by atoms with Gasteiger partial charge in [-0.05, 0) is 47.7 Å². The molecule has 0 bridgehead atoms. The Balaban J connectivity index is 1.95. The number of carboxylic acid groups (broad SMARTS) is 1. The highest BCUT2D eigenvalue weighted by molar-refractivity contribution is 5.89. The summed E-state index contributed by atoms with van der Waals surface area (Å²) in [4.78, 5) is 11.1. The van der Waals surface area contributed by atoms with Gasteiger partial charge in [-0.25, -0.2) is 4.79 Å². The highest BCUT2D eigenvalue weighted by Gasteiger charge is 2.16. The van der Waals surface area contributed by atoms with E-state index in [4.69, 9.17) is 5.11 Å². The van der Waals surface area contributed by atoms with Crippen LogP contribution in [0.15, 0.2) is 48.5 Å². The second kappa shape index (κ2) is 5.47. The van der Waals surface area contributed by atoms with E-state index in [2.05, 4.69) is 23.5 Å². The quantitative estimate of drug-likeness (QED) is 0.898. The molecule has 0 saturated carbocycles. The van der Waals surface area contributed by atoms with Gasteiger partial charge in [0.05, 0.1) is 5.56 Å². The maximum absolute atomic E-state index is 11.1. The summed E-state index contributed by atoms with van der Waals surface area (Å²) in [5, 5.41) is 12.5. The van der Waals surface area contributed by atoms with E-state index in [0.29, 0.717) is 11.5 Å². The van der Waals surface area contributed by atoms with Gasteiger partial charge in [-0.15, -0.1) is 0 Å². The van der Waals surface area contributed by atoms with Crippen molar-refractivity contribution < 1.29 is 9.90 Å². The van der Waals surface area contributed by atoms with E-state index in [1.165, 1.54) is 12.0 Å². The molecular weight excluding hydrogens is 250 g/mol. The summed E-state index contributed by atoms with van der Waals surface area (Å²) in [5.41, 5.74) is 3.69. The zero-order chi connectivity index (χ0) is 13.9. The average molecular weight is 267 g/mol. The summed E-state index contributed by atoms with van der Waals surface area (Å²) in [7, 11) is 0. The van der Waals surface area contributed by atoms with Gasteiger partial charge in [-0.2, -0.15) is 0 Å². The third kappa shape index (κ3) is 2.58. The van der Waals surface area contributed by atoms with Crippen LogP contribution in [0.3, 0.4) is 0 Å². The van der Waals surface area contributed by atoms with Crippen molar-refractivity contribution in [2.24, 2.45) is 0 Å². The lowest BCUT2D eigenvalue weighted by atomic mass is 9.94. The molecule has 3 nitrogen and oxygen atoms in total. The Kier molecular flexibility index (Phi) is 3.52. The van der Waals surface area contributed by atoms with Crippen LogP contribution in [0.25, 0.3) is 11.1 Å². The van der Waals surface area contributed by atoms with Crippen LogP contribution in [-0.2, 0) is 0 Å². The molecule has 3 heteroatoms. The van der Waals surface area contributed by atoms with E-state index in [1.807, 2.05) is 12.1 Å². The SMILES string of the molecule is O=C(O)c1cccc(-c2cccc(C3CCNC3)c2)c1. The summed E-state index contributed by atoms with van der Waals surface area (Å²) < 4.78 is 0. The maximum Gasteiger partial charge on any atom is 0.335 e. The molecule has 2 aromatic carbocycles. The molecule has 1 atom stereocenters. The van der Waals surface area contributed by atoms with Crippen molar-refractivity contribution in [1.82, 2.24) is 5.32 Å². The van der Waals surface area contributed by atoms with Crippen LogP contribution in [0.1, 0.15) is 28.3 Å². The number of aromatic carboxylic acids is 1. The Bertz CT molecular complexity index is 630. The Morgan fingerprint density at radius 2 is 1.85 bits per heavy atom. The normalized spacial score (nSPS) is 18.1. The molecule has 1 unspecified atom stereocenters. The number of nitrogens with one attached hydrogen (secondary N) is 1. The Morgan fingerprint density at radius 3 is 2.55 bits per heavy atom. The highest BCUT2D eigenvalue weighted by atomic mass is 16.4.